The average Bonchev–Trinajstić information content (AvgIpc) is 3.76. The number of amides is 4. The third-order valence-corrected chi connectivity index (χ3v) is 10.8. The molecule has 14 nitrogen and oxygen atoms in total. The fourth-order valence-corrected chi connectivity index (χ4v) is 7.79. The van der Waals surface area contributed by atoms with Gasteiger partial charge in [0.2, 0.25) is 5.91 Å². The third-order valence-electron chi connectivity index (χ3n) is 9.31. The van der Waals surface area contributed by atoms with Gasteiger partial charge in [0.05, 0.1) is 71.5 Å². The van der Waals surface area contributed by atoms with Crippen LogP contribution in [-0.2, 0) is 33.3 Å². The Bertz CT molecular complexity index is 1170. The van der Waals surface area contributed by atoms with Crippen LogP contribution in [-0.4, -0.2) is 133 Å². The lowest BCUT2D eigenvalue weighted by Gasteiger charge is -2.16. The summed E-state index contributed by atoms with van der Waals surface area (Å²) in [7, 11) is 0. The Labute approximate surface area is 339 Å². The molecule has 3 atom stereocenters. The van der Waals surface area contributed by atoms with E-state index in [9.17, 15) is 14.4 Å². The van der Waals surface area contributed by atoms with Gasteiger partial charge in [-0.15, -0.1) is 0 Å². The van der Waals surface area contributed by atoms with Crippen molar-refractivity contribution in [2.45, 2.75) is 101 Å². The molecule has 2 heterocycles. The SMILES string of the molecule is [CH2]CCCCCCCCCCOCCOCCOCCOc1ccc(OCC(=O)NCCOCCOCCNC(=O)CCCCC2SCC3NC(=O)NC32)cc1. The van der Waals surface area contributed by atoms with Gasteiger partial charge in [-0.3, -0.25) is 9.59 Å². The zero-order valence-corrected chi connectivity index (χ0v) is 34.4. The van der Waals surface area contributed by atoms with Gasteiger partial charge in [0.1, 0.15) is 18.1 Å². The van der Waals surface area contributed by atoms with Gasteiger partial charge in [0.15, 0.2) is 6.61 Å². The van der Waals surface area contributed by atoms with Gasteiger partial charge < -0.3 is 54.4 Å². The molecular weight excluding hydrogens is 741 g/mol. The molecule has 2 fully saturated rings. The van der Waals surface area contributed by atoms with Gasteiger partial charge in [-0.2, -0.15) is 11.8 Å². The lowest BCUT2D eigenvalue weighted by Crippen LogP contribution is -2.36. The van der Waals surface area contributed by atoms with Crippen molar-refractivity contribution in [3.05, 3.63) is 31.2 Å². The van der Waals surface area contributed by atoms with Crippen LogP contribution in [0.1, 0.15) is 83.5 Å². The van der Waals surface area contributed by atoms with Crippen molar-refractivity contribution >= 4 is 29.6 Å². The van der Waals surface area contributed by atoms with Crippen LogP contribution in [0.3, 0.4) is 0 Å². The number of carbonyl (C=O) groups excluding carboxylic acids is 3. The smallest absolute Gasteiger partial charge is 0.315 e. The quantitative estimate of drug-likeness (QED) is 0.0538. The highest BCUT2D eigenvalue weighted by Gasteiger charge is 2.42. The van der Waals surface area contributed by atoms with E-state index in [1.807, 2.05) is 11.8 Å². The van der Waals surface area contributed by atoms with Crippen LogP contribution >= 0.6 is 11.8 Å². The number of thioether (sulfide) groups is 1. The summed E-state index contributed by atoms with van der Waals surface area (Å²) >= 11 is 1.89. The summed E-state index contributed by atoms with van der Waals surface area (Å²) in [5, 5.41) is 12.0. The Morgan fingerprint density at radius 2 is 1.16 bits per heavy atom. The van der Waals surface area contributed by atoms with E-state index < -0.39 is 0 Å². The first-order chi connectivity index (χ1) is 27.5. The zero-order chi connectivity index (χ0) is 39.7. The van der Waals surface area contributed by atoms with Gasteiger partial charge in [-0.05, 0) is 43.5 Å². The van der Waals surface area contributed by atoms with Crippen LogP contribution in [0, 0.1) is 6.92 Å². The molecule has 2 aliphatic rings. The lowest BCUT2D eigenvalue weighted by atomic mass is 10.0. The predicted molar refractivity (Wildman–Crippen MR) is 218 cm³/mol. The number of hydrogen-bond donors (Lipinski definition) is 4. The van der Waals surface area contributed by atoms with Crippen molar-refractivity contribution in [2.24, 2.45) is 0 Å². The summed E-state index contributed by atoms with van der Waals surface area (Å²) in [5.41, 5.74) is 0. The van der Waals surface area contributed by atoms with E-state index in [0.29, 0.717) is 102 Å². The predicted octanol–water partition coefficient (Wildman–Crippen LogP) is 4.83. The van der Waals surface area contributed by atoms with Crippen LogP contribution in [0.15, 0.2) is 24.3 Å². The maximum absolute atomic E-state index is 12.1. The number of fused-ring (bicyclic) bond motifs is 1. The van der Waals surface area contributed by atoms with Gasteiger partial charge >= 0.3 is 6.03 Å². The molecule has 1 radical (unpaired) electrons. The van der Waals surface area contributed by atoms with Crippen LogP contribution in [0.4, 0.5) is 4.79 Å². The van der Waals surface area contributed by atoms with E-state index in [1.165, 1.54) is 44.9 Å². The average molecular weight is 810 g/mol. The van der Waals surface area contributed by atoms with E-state index in [4.69, 9.17) is 33.2 Å². The van der Waals surface area contributed by atoms with Gasteiger partial charge in [-0.1, -0.05) is 64.7 Å². The molecule has 0 saturated carbocycles. The highest BCUT2D eigenvalue weighted by atomic mass is 32.2. The van der Waals surface area contributed by atoms with E-state index in [1.54, 1.807) is 24.3 Å². The molecule has 4 N–H and O–H groups in total. The third kappa shape index (κ3) is 23.4. The van der Waals surface area contributed by atoms with Crippen LogP contribution in [0.25, 0.3) is 0 Å². The maximum Gasteiger partial charge on any atom is 0.315 e. The van der Waals surface area contributed by atoms with Crippen molar-refractivity contribution in [1.82, 2.24) is 21.3 Å². The first-order valence-corrected chi connectivity index (χ1v) is 21.9. The molecule has 0 aromatic heterocycles. The van der Waals surface area contributed by atoms with Crippen molar-refractivity contribution in [1.29, 1.82) is 0 Å². The molecular formula is C41H69N4O10S. The highest BCUT2D eigenvalue weighted by molar-refractivity contribution is 8.00. The molecule has 0 aliphatic carbocycles. The Morgan fingerprint density at radius 1 is 0.625 bits per heavy atom. The number of ether oxygens (including phenoxy) is 7. The normalized spacial score (nSPS) is 17.3. The van der Waals surface area contributed by atoms with Gasteiger partial charge in [-0.25, -0.2) is 4.79 Å². The Balaban J connectivity index is 1.00. The molecule has 2 saturated heterocycles. The van der Waals surface area contributed by atoms with Gasteiger partial charge in [0, 0.05) is 37.1 Å². The molecule has 15 heteroatoms. The summed E-state index contributed by atoms with van der Waals surface area (Å²) in [6.07, 6.45) is 14.6. The summed E-state index contributed by atoms with van der Waals surface area (Å²) < 4.78 is 39.1. The minimum atomic E-state index is -0.243. The number of benzene rings is 1. The highest BCUT2D eigenvalue weighted by Crippen LogP contribution is 2.33. The van der Waals surface area contributed by atoms with Crippen molar-refractivity contribution < 1.29 is 47.5 Å². The molecule has 4 amide bonds. The first-order valence-electron chi connectivity index (χ1n) is 20.8. The number of carbonyl (C=O) groups is 3. The number of hydrogen-bond acceptors (Lipinski definition) is 11. The van der Waals surface area contributed by atoms with Crippen molar-refractivity contribution in [3.8, 4) is 11.5 Å². The second-order valence-electron chi connectivity index (χ2n) is 13.9. The Kier molecular flexibility index (Phi) is 27.3. The Hall–Kier alpha value is -2.82. The minimum Gasteiger partial charge on any atom is -0.491 e. The molecule has 3 rings (SSSR count). The zero-order valence-electron chi connectivity index (χ0n) is 33.5. The Morgan fingerprint density at radius 3 is 1.80 bits per heavy atom. The van der Waals surface area contributed by atoms with Crippen LogP contribution in [0.5, 0.6) is 11.5 Å². The minimum absolute atomic E-state index is 0.0215. The number of rotatable bonds is 37. The maximum atomic E-state index is 12.1. The van der Waals surface area contributed by atoms with Crippen molar-refractivity contribution in [3.63, 3.8) is 0 Å². The fraction of sp³-hybridized carbons (Fsp3) is 0.756. The monoisotopic (exact) mass is 809 g/mol. The summed E-state index contributed by atoms with van der Waals surface area (Å²) in [5.74, 6) is 1.98. The van der Waals surface area contributed by atoms with E-state index in [0.717, 1.165) is 44.5 Å². The molecule has 0 bridgehead atoms. The number of unbranched alkanes of at least 4 members (excludes halogenated alkanes) is 9. The number of urea groups is 1. The summed E-state index contributed by atoms with van der Waals surface area (Å²) in [6, 6.07) is 7.46. The first kappa shape index (κ1) is 47.6. The molecule has 0 spiro atoms. The molecule has 3 unspecified atom stereocenters. The molecule has 56 heavy (non-hydrogen) atoms. The second-order valence-corrected chi connectivity index (χ2v) is 15.2. The van der Waals surface area contributed by atoms with Crippen LogP contribution in [0.2, 0.25) is 0 Å². The van der Waals surface area contributed by atoms with Crippen LogP contribution < -0.4 is 30.7 Å². The molecule has 1 aromatic rings. The molecule has 319 valence electrons. The summed E-state index contributed by atoms with van der Waals surface area (Å²) in [6.45, 7) is 10.0. The van der Waals surface area contributed by atoms with E-state index >= 15 is 0 Å². The lowest BCUT2D eigenvalue weighted by molar-refractivity contribution is -0.123. The number of nitrogens with one attached hydrogen (secondary N) is 4. The standard InChI is InChI=1S/C41H69N4O10S/c1-2-3-4-5-6-7-8-9-12-21-49-24-27-52-28-29-53-30-31-54-34-15-17-35(18-16-34)55-32-39(47)43-20-23-51-26-25-50-22-19-42-38(46)14-11-10-13-37-40-36(33-56-37)44-41(48)45-40/h15-18,36-37,40H,1-14,19-33H2,(H,42,46)(H,43,47)(H2,44,45,48). The second kappa shape index (κ2) is 32.2. The van der Waals surface area contributed by atoms with Gasteiger partial charge in [0.25, 0.3) is 5.91 Å². The topological polar surface area (TPSA) is 164 Å². The van der Waals surface area contributed by atoms with E-state index in [-0.39, 0.29) is 36.5 Å². The molecule has 1 aromatic carbocycles. The molecule has 2 aliphatic heterocycles. The van der Waals surface area contributed by atoms with Crippen molar-refractivity contribution in [2.75, 3.05) is 98.1 Å². The summed E-state index contributed by atoms with van der Waals surface area (Å²) in [4.78, 5) is 35.7. The van der Waals surface area contributed by atoms with E-state index in [2.05, 4.69) is 28.2 Å². The fourth-order valence-electron chi connectivity index (χ4n) is 6.24. The largest absolute Gasteiger partial charge is 0.491 e.